The van der Waals surface area contributed by atoms with Gasteiger partial charge in [0.15, 0.2) is 0 Å². The van der Waals surface area contributed by atoms with Gasteiger partial charge in [-0.2, -0.15) is 0 Å². The van der Waals surface area contributed by atoms with Crippen LogP contribution >= 0.6 is 0 Å². The van der Waals surface area contributed by atoms with E-state index in [0.29, 0.717) is 23.7 Å². The quantitative estimate of drug-likeness (QED) is 0.208. The van der Waals surface area contributed by atoms with Crippen molar-refractivity contribution in [3.63, 3.8) is 0 Å². The van der Waals surface area contributed by atoms with Crippen molar-refractivity contribution in [3.05, 3.63) is 121 Å². The van der Waals surface area contributed by atoms with Gasteiger partial charge in [0, 0.05) is 0 Å². The highest BCUT2D eigenvalue weighted by Gasteiger charge is 2.11. The number of allylic oxidation sites excluding steroid dienone is 6. The van der Waals surface area contributed by atoms with Crippen molar-refractivity contribution in [2.75, 3.05) is 0 Å². The van der Waals surface area contributed by atoms with Crippen LogP contribution in [0.4, 0.5) is 0 Å². The summed E-state index contributed by atoms with van der Waals surface area (Å²) in [6.07, 6.45) is 22.9. The number of rotatable bonds is 17. The molecule has 0 heteroatoms. The molecule has 0 saturated carbocycles. The molecule has 0 radical (unpaired) electrons. The van der Waals surface area contributed by atoms with Gasteiger partial charge in [0.25, 0.3) is 0 Å². The van der Waals surface area contributed by atoms with Crippen LogP contribution in [0.3, 0.4) is 0 Å². The van der Waals surface area contributed by atoms with E-state index in [2.05, 4.69) is 124 Å². The summed E-state index contributed by atoms with van der Waals surface area (Å²) in [7, 11) is 0. The molecule has 2 aromatic carbocycles. The van der Waals surface area contributed by atoms with Gasteiger partial charge in [-0.15, -0.1) is 13.2 Å². The van der Waals surface area contributed by atoms with Crippen LogP contribution < -0.4 is 0 Å². The second-order valence-electron chi connectivity index (χ2n) is 9.62. The molecule has 0 bridgehead atoms. The van der Waals surface area contributed by atoms with Gasteiger partial charge in [-0.05, 0) is 86.2 Å². The fourth-order valence-corrected chi connectivity index (χ4v) is 4.69. The molecule has 0 saturated heterocycles. The third kappa shape index (κ3) is 10.6. The zero-order valence-electron chi connectivity index (χ0n) is 21.6. The lowest BCUT2D eigenvalue weighted by molar-refractivity contribution is 0.501. The standard InChI is InChI=1S/C34H46/c1-5-30(21-13-9-15-23-32(7-3)34-26-18-11-19-27-34)20-12-8-14-22-31(6-2)28-29(4)33-24-16-10-17-25-33/h5-6,8-12,15-19,24-27,29-32H,1-2,7,13-14,20-23,28H2,3-4H3/b12-8+,15-9+. The Morgan fingerprint density at radius 3 is 1.76 bits per heavy atom. The monoisotopic (exact) mass is 454 g/mol. The Morgan fingerprint density at radius 2 is 1.21 bits per heavy atom. The molecule has 0 amide bonds. The molecule has 182 valence electrons. The first-order chi connectivity index (χ1) is 16.7. The Labute approximate surface area is 210 Å². The van der Waals surface area contributed by atoms with Crippen molar-refractivity contribution < 1.29 is 0 Å². The molecule has 4 unspecified atom stereocenters. The first-order valence-electron chi connectivity index (χ1n) is 13.3. The molecule has 0 aliphatic rings. The Morgan fingerprint density at radius 1 is 0.676 bits per heavy atom. The minimum Gasteiger partial charge on any atom is -0.103 e. The van der Waals surface area contributed by atoms with Crippen molar-refractivity contribution in [2.24, 2.45) is 11.8 Å². The minimum atomic E-state index is 0.560. The number of benzene rings is 2. The van der Waals surface area contributed by atoms with Crippen molar-refractivity contribution in [1.82, 2.24) is 0 Å². The molecule has 0 aliphatic heterocycles. The van der Waals surface area contributed by atoms with E-state index in [0.717, 1.165) is 25.7 Å². The average Bonchev–Trinajstić information content (AvgIpc) is 2.89. The van der Waals surface area contributed by atoms with E-state index in [9.17, 15) is 0 Å². The number of hydrogen-bond acceptors (Lipinski definition) is 0. The molecular weight excluding hydrogens is 408 g/mol. The van der Waals surface area contributed by atoms with E-state index in [1.165, 1.54) is 36.8 Å². The molecule has 0 N–H and O–H groups in total. The zero-order valence-corrected chi connectivity index (χ0v) is 21.6. The molecule has 0 nitrogen and oxygen atoms in total. The second-order valence-corrected chi connectivity index (χ2v) is 9.62. The first-order valence-corrected chi connectivity index (χ1v) is 13.3. The van der Waals surface area contributed by atoms with Crippen molar-refractivity contribution in [2.45, 2.75) is 77.0 Å². The first kappa shape index (κ1) is 27.6. The fourth-order valence-electron chi connectivity index (χ4n) is 4.69. The van der Waals surface area contributed by atoms with E-state index < -0.39 is 0 Å². The summed E-state index contributed by atoms with van der Waals surface area (Å²) in [6.45, 7) is 12.8. The summed E-state index contributed by atoms with van der Waals surface area (Å²) in [4.78, 5) is 0. The maximum absolute atomic E-state index is 4.09. The average molecular weight is 455 g/mol. The highest BCUT2D eigenvalue weighted by atomic mass is 14.2. The van der Waals surface area contributed by atoms with E-state index in [4.69, 9.17) is 0 Å². The van der Waals surface area contributed by atoms with E-state index in [1.807, 2.05) is 0 Å². The van der Waals surface area contributed by atoms with Crippen LogP contribution in [0.1, 0.15) is 88.2 Å². The highest BCUT2D eigenvalue weighted by molar-refractivity contribution is 5.20. The fraction of sp³-hybridized carbons (Fsp3) is 0.412. The Kier molecular flexibility index (Phi) is 13.8. The Hall–Kier alpha value is -2.60. The summed E-state index contributed by atoms with van der Waals surface area (Å²) in [5.74, 6) is 2.34. The van der Waals surface area contributed by atoms with Crippen LogP contribution in [0.25, 0.3) is 0 Å². The molecular formula is C34H46. The SMILES string of the molecule is C=CC(C/C=C/CCC(C=C)CC(C)c1ccccc1)CC/C=C/CC(CC)c1ccccc1. The van der Waals surface area contributed by atoms with E-state index in [1.54, 1.807) is 0 Å². The summed E-state index contributed by atoms with van der Waals surface area (Å²) >= 11 is 0. The van der Waals surface area contributed by atoms with Crippen molar-refractivity contribution in [3.8, 4) is 0 Å². The van der Waals surface area contributed by atoms with Gasteiger partial charge >= 0.3 is 0 Å². The molecule has 2 aromatic rings. The normalized spacial score (nSPS) is 15.2. The van der Waals surface area contributed by atoms with Gasteiger partial charge in [0.05, 0.1) is 0 Å². The van der Waals surface area contributed by atoms with Crippen LogP contribution in [0.5, 0.6) is 0 Å². The van der Waals surface area contributed by atoms with Gasteiger partial charge in [0.2, 0.25) is 0 Å². The summed E-state index contributed by atoms with van der Waals surface area (Å²) < 4.78 is 0. The largest absolute Gasteiger partial charge is 0.103 e. The Balaban J connectivity index is 1.65. The van der Waals surface area contributed by atoms with Gasteiger partial charge < -0.3 is 0 Å². The minimum absolute atomic E-state index is 0.560. The lowest BCUT2D eigenvalue weighted by Crippen LogP contribution is -2.03. The maximum atomic E-state index is 4.09. The second kappa shape index (κ2) is 16.9. The molecule has 2 rings (SSSR count). The molecule has 4 atom stereocenters. The smallest absolute Gasteiger partial charge is 0.0130 e. The predicted octanol–water partition coefficient (Wildman–Crippen LogP) is 10.4. The third-order valence-electron chi connectivity index (χ3n) is 7.06. The van der Waals surface area contributed by atoms with Gasteiger partial charge in [-0.3, -0.25) is 0 Å². The van der Waals surface area contributed by atoms with E-state index in [-0.39, 0.29) is 0 Å². The zero-order chi connectivity index (χ0) is 24.4. The molecule has 0 spiro atoms. The molecule has 0 aliphatic carbocycles. The van der Waals surface area contributed by atoms with Crippen LogP contribution in [0.15, 0.2) is 110 Å². The van der Waals surface area contributed by atoms with Crippen LogP contribution in [0, 0.1) is 11.8 Å². The topological polar surface area (TPSA) is 0 Å². The molecule has 0 fully saturated rings. The lowest BCUT2D eigenvalue weighted by atomic mass is 9.88. The summed E-state index contributed by atoms with van der Waals surface area (Å²) in [5, 5.41) is 0. The lowest BCUT2D eigenvalue weighted by Gasteiger charge is -2.18. The molecule has 34 heavy (non-hydrogen) atoms. The van der Waals surface area contributed by atoms with Crippen molar-refractivity contribution >= 4 is 0 Å². The Bertz CT molecular complexity index is 842. The summed E-state index contributed by atoms with van der Waals surface area (Å²) in [6, 6.07) is 21.7. The van der Waals surface area contributed by atoms with Gasteiger partial charge in [0.1, 0.15) is 0 Å². The molecule has 0 aromatic heterocycles. The predicted molar refractivity (Wildman–Crippen MR) is 152 cm³/mol. The van der Waals surface area contributed by atoms with E-state index >= 15 is 0 Å². The third-order valence-corrected chi connectivity index (χ3v) is 7.06. The van der Waals surface area contributed by atoms with Gasteiger partial charge in [-0.25, -0.2) is 0 Å². The van der Waals surface area contributed by atoms with Crippen molar-refractivity contribution in [1.29, 1.82) is 0 Å². The molecule has 0 heterocycles. The van der Waals surface area contributed by atoms with Crippen LogP contribution in [-0.2, 0) is 0 Å². The van der Waals surface area contributed by atoms with Crippen LogP contribution in [-0.4, -0.2) is 0 Å². The highest BCUT2D eigenvalue weighted by Crippen LogP contribution is 2.27. The number of hydrogen-bond donors (Lipinski definition) is 0. The van der Waals surface area contributed by atoms with Gasteiger partial charge in [-0.1, -0.05) is 111 Å². The maximum Gasteiger partial charge on any atom is -0.0130 e. The van der Waals surface area contributed by atoms with Crippen LogP contribution in [0.2, 0.25) is 0 Å². The summed E-state index contributed by atoms with van der Waals surface area (Å²) in [5.41, 5.74) is 2.88.